The van der Waals surface area contributed by atoms with Crippen molar-refractivity contribution in [3.8, 4) is 28.8 Å². The quantitative estimate of drug-likeness (QED) is 0.746. The van der Waals surface area contributed by atoms with Crippen molar-refractivity contribution >= 4 is 5.82 Å². The van der Waals surface area contributed by atoms with Crippen molar-refractivity contribution in [1.29, 1.82) is 5.26 Å². The number of nitriles is 1. The first-order chi connectivity index (χ1) is 13.7. The molecule has 1 saturated heterocycles. The Kier molecular flexibility index (Phi) is 5.00. The first kappa shape index (κ1) is 18.1. The second-order valence-electron chi connectivity index (χ2n) is 7.16. The molecule has 6 nitrogen and oxygen atoms in total. The van der Waals surface area contributed by atoms with E-state index in [1.54, 1.807) is 0 Å². The summed E-state index contributed by atoms with van der Waals surface area (Å²) < 4.78 is 7.67. The number of anilines is 1. The number of likely N-dealkylation sites (N-methyl/N-ethyl adjacent to an activating group) is 1. The molecule has 0 radical (unpaired) electrons. The van der Waals surface area contributed by atoms with Crippen LogP contribution in [0.1, 0.15) is 24.4 Å². The Morgan fingerprint density at radius 1 is 1.11 bits per heavy atom. The zero-order chi connectivity index (χ0) is 19.5. The van der Waals surface area contributed by atoms with Crippen molar-refractivity contribution in [3.63, 3.8) is 0 Å². The normalized spacial score (nSPS) is 17.2. The lowest BCUT2D eigenvalue weighted by Gasteiger charge is -2.30. The van der Waals surface area contributed by atoms with Gasteiger partial charge < -0.3 is 15.4 Å². The minimum atomic E-state index is 0.195. The SMILES string of the molecule is CN1CCCC(n2nc(-c3ccc(Oc4ccccc4)cc3)c(C#N)c2N)C1. The van der Waals surface area contributed by atoms with Crippen molar-refractivity contribution in [3.05, 3.63) is 60.2 Å². The van der Waals surface area contributed by atoms with Crippen LogP contribution in [0.4, 0.5) is 5.82 Å². The van der Waals surface area contributed by atoms with E-state index in [-0.39, 0.29) is 6.04 Å². The van der Waals surface area contributed by atoms with Gasteiger partial charge in [-0.25, -0.2) is 4.68 Å². The second-order valence-corrected chi connectivity index (χ2v) is 7.16. The first-order valence-electron chi connectivity index (χ1n) is 9.45. The van der Waals surface area contributed by atoms with Gasteiger partial charge in [0, 0.05) is 12.1 Å². The third kappa shape index (κ3) is 3.57. The van der Waals surface area contributed by atoms with Crippen LogP contribution in [0.2, 0.25) is 0 Å². The first-order valence-corrected chi connectivity index (χ1v) is 9.45. The van der Waals surface area contributed by atoms with Gasteiger partial charge in [-0.3, -0.25) is 0 Å². The number of nitrogens with two attached hydrogens (primary N) is 1. The number of piperidine rings is 1. The summed E-state index contributed by atoms with van der Waals surface area (Å²) in [6.45, 7) is 1.97. The summed E-state index contributed by atoms with van der Waals surface area (Å²) in [6, 6.07) is 19.7. The van der Waals surface area contributed by atoms with Gasteiger partial charge in [0.05, 0.1) is 6.04 Å². The largest absolute Gasteiger partial charge is 0.457 e. The Hall–Kier alpha value is -3.30. The molecule has 1 aliphatic heterocycles. The monoisotopic (exact) mass is 373 g/mol. The molecule has 1 aromatic heterocycles. The van der Waals surface area contributed by atoms with E-state index in [0.29, 0.717) is 17.1 Å². The van der Waals surface area contributed by atoms with Crippen LogP contribution in [0, 0.1) is 11.3 Å². The van der Waals surface area contributed by atoms with Crippen molar-refractivity contribution in [2.45, 2.75) is 18.9 Å². The molecule has 1 fully saturated rings. The van der Waals surface area contributed by atoms with Crippen LogP contribution in [0.25, 0.3) is 11.3 Å². The van der Waals surface area contributed by atoms with Crippen LogP contribution >= 0.6 is 0 Å². The molecule has 1 atom stereocenters. The van der Waals surface area contributed by atoms with Gasteiger partial charge in [-0.15, -0.1) is 0 Å². The van der Waals surface area contributed by atoms with Gasteiger partial charge in [-0.05, 0) is 62.8 Å². The number of hydrogen-bond donors (Lipinski definition) is 1. The molecule has 0 amide bonds. The number of benzene rings is 2. The van der Waals surface area contributed by atoms with E-state index in [2.05, 4.69) is 18.0 Å². The third-order valence-electron chi connectivity index (χ3n) is 5.11. The van der Waals surface area contributed by atoms with Crippen LogP contribution in [-0.4, -0.2) is 34.8 Å². The van der Waals surface area contributed by atoms with E-state index in [1.165, 1.54) is 0 Å². The van der Waals surface area contributed by atoms with Gasteiger partial charge in [0.25, 0.3) is 0 Å². The number of ether oxygens (including phenoxy) is 1. The zero-order valence-corrected chi connectivity index (χ0v) is 15.9. The molecular weight excluding hydrogens is 350 g/mol. The predicted octanol–water partition coefficient (Wildman–Crippen LogP) is 4.06. The highest BCUT2D eigenvalue weighted by Crippen LogP contribution is 2.32. The van der Waals surface area contributed by atoms with Gasteiger partial charge in [0.15, 0.2) is 0 Å². The van der Waals surface area contributed by atoms with Crippen LogP contribution < -0.4 is 10.5 Å². The van der Waals surface area contributed by atoms with E-state index >= 15 is 0 Å². The van der Waals surface area contributed by atoms with Crippen LogP contribution in [0.5, 0.6) is 11.5 Å². The maximum atomic E-state index is 9.66. The topological polar surface area (TPSA) is 80.1 Å². The molecule has 2 heterocycles. The van der Waals surface area contributed by atoms with Gasteiger partial charge in [-0.2, -0.15) is 10.4 Å². The lowest BCUT2D eigenvalue weighted by molar-refractivity contribution is 0.204. The van der Waals surface area contributed by atoms with E-state index in [4.69, 9.17) is 15.6 Å². The van der Waals surface area contributed by atoms with E-state index in [9.17, 15) is 5.26 Å². The van der Waals surface area contributed by atoms with Gasteiger partial charge in [0.1, 0.15) is 34.6 Å². The number of nitrogen functional groups attached to an aromatic ring is 1. The average Bonchev–Trinajstić information content (AvgIpc) is 3.05. The Morgan fingerprint density at radius 2 is 1.82 bits per heavy atom. The van der Waals surface area contributed by atoms with Gasteiger partial charge >= 0.3 is 0 Å². The number of para-hydroxylation sites is 1. The highest BCUT2D eigenvalue weighted by atomic mass is 16.5. The highest BCUT2D eigenvalue weighted by Gasteiger charge is 2.25. The molecule has 28 heavy (non-hydrogen) atoms. The fourth-order valence-electron chi connectivity index (χ4n) is 3.68. The molecule has 0 aliphatic carbocycles. The molecule has 1 aliphatic rings. The minimum Gasteiger partial charge on any atom is -0.457 e. The van der Waals surface area contributed by atoms with Crippen molar-refractivity contribution < 1.29 is 4.74 Å². The maximum absolute atomic E-state index is 9.66. The average molecular weight is 373 g/mol. The number of hydrogen-bond acceptors (Lipinski definition) is 5. The molecule has 2 N–H and O–H groups in total. The third-order valence-corrected chi connectivity index (χ3v) is 5.11. The summed E-state index contributed by atoms with van der Waals surface area (Å²) in [5.74, 6) is 1.96. The van der Waals surface area contributed by atoms with E-state index in [1.807, 2.05) is 59.3 Å². The van der Waals surface area contributed by atoms with Crippen LogP contribution in [0.3, 0.4) is 0 Å². The molecule has 1 unspecified atom stereocenters. The molecule has 0 saturated carbocycles. The fourth-order valence-corrected chi connectivity index (χ4v) is 3.68. The molecule has 2 aromatic carbocycles. The molecular formula is C22H23N5O. The summed E-state index contributed by atoms with van der Waals surface area (Å²) in [6.07, 6.45) is 2.12. The fraction of sp³-hybridized carbons (Fsp3) is 0.273. The summed E-state index contributed by atoms with van der Waals surface area (Å²) in [4.78, 5) is 2.27. The molecule has 0 spiro atoms. The van der Waals surface area contributed by atoms with Crippen molar-refractivity contribution in [1.82, 2.24) is 14.7 Å². The standard InChI is InChI=1S/C22H23N5O/c1-26-13-5-6-17(15-26)27-22(24)20(14-23)21(25-27)16-9-11-19(12-10-16)28-18-7-3-2-4-8-18/h2-4,7-12,17H,5-6,13,15,24H2,1H3. The number of nitrogens with zero attached hydrogens (tertiary/aromatic N) is 4. The Balaban J connectivity index is 1.62. The van der Waals surface area contributed by atoms with Crippen molar-refractivity contribution in [2.24, 2.45) is 0 Å². The van der Waals surface area contributed by atoms with Crippen LogP contribution in [-0.2, 0) is 0 Å². The summed E-state index contributed by atoms with van der Waals surface area (Å²) in [5, 5.41) is 14.4. The lowest BCUT2D eigenvalue weighted by atomic mass is 10.1. The predicted molar refractivity (Wildman–Crippen MR) is 109 cm³/mol. The molecule has 6 heteroatoms. The minimum absolute atomic E-state index is 0.195. The van der Waals surface area contributed by atoms with E-state index < -0.39 is 0 Å². The second kappa shape index (κ2) is 7.75. The number of aromatic nitrogens is 2. The molecule has 142 valence electrons. The lowest BCUT2D eigenvalue weighted by Crippen LogP contribution is -2.34. The molecule has 4 rings (SSSR count). The van der Waals surface area contributed by atoms with Gasteiger partial charge in [-0.1, -0.05) is 18.2 Å². The molecule has 3 aromatic rings. The highest BCUT2D eigenvalue weighted by molar-refractivity contribution is 5.73. The Morgan fingerprint density at radius 3 is 2.50 bits per heavy atom. The van der Waals surface area contributed by atoms with Crippen molar-refractivity contribution in [2.75, 3.05) is 25.9 Å². The Labute approximate surface area is 164 Å². The van der Waals surface area contributed by atoms with Gasteiger partial charge in [0.2, 0.25) is 0 Å². The van der Waals surface area contributed by atoms with Crippen LogP contribution in [0.15, 0.2) is 54.6 Å². The number of likely N-dealkylation sites (tertiary alicyclic amines) is 1. The van der Waals surface area contributed by atoms with E-state index in [0.717, 1.165) is 43.0 Å². The Bertz CT molecular complexity index is 988. The smallest absolute Gasteiger partial charge is 0.140 e. The zero-order valence-electron chi connectivity index (χ0n) is 15.9. The number of rotatable bonds is 4. The molecule has 0 bridgehead atoms. The summed E-state index contributed by atoms with van der Waals surface area (Å²) in [7, 11) is 2.10. The maximum Gasteiger partial charge on any atom is 0.140 e. The summed E-state index contributed by atoms with van der Waals surface area (Å²) in [5.41, 5.74) is 8.21. The summed E-state index contributed by atoms with van der Waals surface area (Å²) >= 11 is 0.